The largest absolute Gasteiger partial charge is 0.507 e. The number of anilines is 1. The summed E-state index contributed by atoms with van der Waals surface area (Å²) >= 11 is 1.45. The van der Waals surface area contributed by atoms with Crippen molar-refractivity contribution in [2.75, 3.05) is 12.0 Å². The lowest BCUT2D eigenvalue weighted by Crippen LogP contribution is -2.29. The number of Topliss-reactive ketones (excluding diaryl/α,β-unsaturated/α-hetero) is 1. The highest BCUT2D eigenvalue weighted by atomic mass is 32.1. The molecule has 1 amide bonds. The first-order valence-corrected chi connectivity index (χ1v) is 11.3. The fraction of sp³-hybridized carbons (Fsp3) is 0.231. The lowest BCUT2D eigenvalue weighted by Gasteiger charge is -2.25. The van der Waals surface area contributed by atoms with Gasteiger partial charge in [-0.15, -0.1) is 11.3 Å². The summed E-state index contributed by atoms with van der Waals surface area (Å²) in [6, 6.07) is 15.8. The van der Waals surface area contributed by atoms with Crippen molar-refractivity contribution in [2.24, 2.45) is 0 Å². The number of methoxy groups -OCH3 is 1. The lowest BCUT2D eigenvalue weighted by molar-refractivity contribution is -0.132. The highest BCUT2D eigenvalue weighted by molar-refractivity contribution is 7.10. The third-order valence-corrected chi connectivity index (χ3v) is 6.68. The Morgan fingerprint density at radius 1 is 1.09 bits per heavy atom. The van der Waals surface area contributed by atoms with Crippen LogP contribution in [0.3, 0.4) is 0 Å². The first-order valence-electron chi connectivity index (χ1n) is 10.4. The van der Waals surface area contributed by atoms with Crippen molar-refractivity contribution in [3.05, 3.63) is 87.1 Å². The number of rotatable bonds is 5. The minimum atomic E-state index is -0.694. The summed E-state index contributed by atoms with van der Waals surface area (Å²) in [6.07, 6.45) is 0. The molecule has 1 aliphatic heterocycles. The molecule has 1 saturated heterocycles. The van der Waals surface area contributed by atoms with Crippen LogP contribution in [0.15, 0.2) is 65.6 Å². The van der Waals surface area contributed by atoms with E-state index in [9.17, 15) is 14.7 Å². The van der Waals surface area contributed by atoms with Gasteiger partial charge in [0.25, 0.3) is 11.7 Å². The molecule has 1 aromatic heterocycles. The Morgan fingerprint density at radius 3 is 2.47 bits per heavy atom. The Morgan fingerprint density at radius 2 is 1.84 bits per heavy atom. The number of carbonyl (C=O) groups excluding carboxylic acids is 2. The van der Waals surface area contributed by atoms with Gasteiger partial charge in [0.1, 0.15) is 17.6 Å². The van der Waals surface area contributed by atoms with E-state index in [4.69, 9.17) is 4.74 Å². The maximum absolute atomic E-state index is 13.2. The van der Waals surface area contributed by atoms with E-state index >= 15 is 0 Å². The quantitative estimate of drug-likeness (QED) is 0.304. The summed E-state index contributed by atoms with van der Waals surface area (Å²) in [4.78, 5) is 28.7. The van der Waals surface area contributed by atoms with Crippen LogP contribution in [-0.2, 0) is 9.59 Å². The van der Waals surface area contributed by atoms with Gasteiger partial charge in [0.05, 0.1) is 12.7 Å². The highest BCUT2D eigenvalue weighted by Crippen LogP contribution is 2.44. The molecule has 5 nitrogen and oxygen atoms in total. The van der Waals surface area contributed by atoms with E-state index in [-0.39, 0.29) is 17.3 Å². The average molecular weight is 448 g/mol. The van der Waals surface area contributed by atoms with Gasteiger partial charge >= 0.3 is 0 Å². The Bertz CT molecular complexity index is 1210. The van der Waals surface area contributed by atoms with Crippen molar-refractivity contribution in [3.8, 4) is 5.75 Å². The number of thiophene rings is 1. The number of carbonyl (C=O) groups is 2. The SMILES string of the molecule is COc1ccc(/C(O)=C2/C(=O)C(=O)N(c3ccccc3C)C2c2cccs2)cc1C(C)C. The van der Waals surface area contributed by atoms with Gasteiger partial charge in [-0.05, 0) is 59.7 Å². The number of aliphatic hydroxyl groups excluding tert-OH is 1. The topological polar surface area (TPSA) is 66.8 Å². The third-order valence-electron chi connectivity index (χ3n) is 5.76. The predicted octanol–water partition coefficient (Wildman–Crippen LogP) is 5.81. The van der Waals surface area contributed by atoms with Crippen molar-refractivity contribution in [2.45, 2.75) is 32.7 Å². The molecule has 0 saturated carbocycles. The Hall–Kier alpha value is -3.38. The van der Waals surface area contributed by atoms with Gasteiger partial charge in [0.2, 0.25) is 0 Å². The molecule has 1 N–H and O–H groups in total. The predicted molar refractivity (Wildman–Crippen MR) is 127 cm³/mol. The normalized spacial score (nSPS) is 17.9. The van der Waals surface area contributed by atoms with E-state index in [2.05, 4.69) is 0 Å². The van der Waals surface area contributed by atoms with Crippen molar-refractivity contribution in [1.29, 1.82) is 0 Å². The van der Waals surface area contributed by atoms with Gasteiger partial charge in [-0.1, -0.05) is 38.1 Å². The zero-order valence-electron chi connectivity index (χ0n) is 18.5. The van der Waals surface area contributed by atoms with Crippen LogP contribution in [0.5, 0.6) is 5.75 Å². The summed E-state index contributed by atoms with van der Waals surface area (Å²) in [6.45, 7) is 5.97. The number of nitrogens with zero attached hydrogens (tertiary/aromatic N) is 1. The van der Waals surface area contributed by atoms with Crippen LogP contribution in [0.1, 0.15) is 47.4 Å². The molecule has 1 unspecified atom stereocenters. The Kier molecular flexibility index (Phi) is 5.89. The molecule has 0 radical (unpaired) electrons. The average Bonchev–Trinajstić information content (AvgIpc) is 3.40. The molecule has 0 spiro atoms. The molecule has 4 rings (SSSR count). The highest BCUT2D eigenvalue weighted by Gasteiger charge is 2.47. The summed E-state index contributed by atoms with van der Waals surface area (Å²) < 4.78 is 5.45. The van der Waals surface area contributed by atoms with Crippen molar-refractivity contribution >= 4 is 34.5 Å². The molecule has 164 valence electrons. The first kappa shape index (κ1) is 21.8. The second kappa shape index (κ2) is 8.63. The number of ether oxygens (including phenoxy) is 1. The van der Waals surface area contributed by atoms with Gasteiger partial charge in [-0.3, -0.25) is 14.5 Å². The molecule has 0 bridgehead atoms. The number of amides is 1. The van der Waals surface area contributed by atoms with Crippen LogP contribution in [-0.4, -0.2) is 23.9 Å². The van der Waals surface area contributed by atoms with Crippen molar-refractivity contribution < 1.29 is 19.4 Å². The maximum atomic E-state index is 13.2. The molecule has 1 aliphatic rings. The monoisotopic (exact) mass is 447 g/mol. The van der Waals surface area contributed by atoms with Crippen LogP contribution in [0, 0.1) is 6.92 Å². The van der Waals surface area contributed by atoms with Crippen LogP contribution < -0.4 is 9.64 Å². The molecule has 3 aromatic rings. The molecule has 0 aliphatic carbocycles. The lowest BCUT2D eigenvalue weighted by atomic mass is 9.95. The van der Waals surface area contributed by atoms with Crippen LogP contribution in [0.2, 0.25) is 0 Å². The van der Waals surface area contributed by atoms with Gasteiger partial charge < -0.3 is 9.84 Å². The van der Waals surface area contributed by atoms with E-state index in [1.54, 1.807) is 19.2 Å². The minimum Gasteiger partial charge on any atom is -0.507 e. The van der Waals surface area contributed by atoms with Gasteiger partial charge in [-0.2, -0.15) is 0 Å². The molecule has 6 heteroatoms. The number of hydrogen-bond acceptors (Lipinski definition) is 5. The van der Waals surface area contributed by atoms with Gasteiger partial charge in [-0.25, -0.2) is 0 Å². The van der Waals surface area contributed by atoms with Crippen molar-refractivity contribution in [3.63, 3.8) is 0 Å². The summed E-state index contributed by atoms with van der Waals surface area (Å²) in [5.74, 6) is -0.641. The standard InChI is InChI=1S/C26H25NO4S/c1-15(2)18-14-17(11-12-20(18)31-4)24(28)22-23(21-10-7-13-32-21)27(26(30)25(22)29)19-9-6-5-8-16(19)3/h5-15,23,28H,1-4H3/b24-22-. The van der Waals surface area contributed by atoms with Gasteiger partial charge in [0, 0.05) is 16.1 Å². The number of hydrogen-bond donors (Lipinski definition) is 1. The molecule has 2 aromatic carbocycles. The molecule has 1 atom stereocenters. The second-order valence-electron chi connectivity index (χ2n) is 8.08. The van der Waals surface area contributed by atoms with Crippen molar-refractivity contribution in [1.82, 2.24) is 0 Å². The van der Waals surface area contributed by atoms with Crippen LogP contribution in [0.25, 0.3) is 5.76 Å². The molecule has 2 heterocycles. The fourth-order valence-electron chi connectivity index (χ4n) is 4.12. The van der Waals surface area contributed by atoms with E-state index < -0.39 is 17.7 Å². The Labute approximate surface area is 191 Å². The second-order valence-corrected chi connectivity index (χ2v) is 9.06. The molecular weight excluding hydrogens is 422 g/mol. The maximum Gasteiger partial charge on any atom is 0.300 e. The number of ketones is 1. The van der Waals surface area contributed by atoms with Crippen LogP contribution >= 0.6 is 11.3 Å². The fourth-order valence-corrected chi connectivity index (χ4v) is 4.94. The molecular formula is C26H25NO4S. The smallest absolute Gasteiger partial charge is 0.300 e. The Balaban J connectivity index is 1.93. The summed E-state index contributed by atoms with van der Waals surface area (Å²) in [5, 5.41) is 13.2. The number of para-hydroxylation sites is 1. The number of benzene rings is 2. The number of aliphatic hydroxyl groups is 1. The third kappa shape index (κ3) is 3.60. The van der Waals surface area contributed by atoms with E-state index in [0.29, 0.717) is 17.0 Å². The number of aryl methyl sites for hydroxylation is 1. The van der Waals surface area contributed by atoms with E-state index in [1.165, 1.54) is 16.2 Å². The van der Waals surface area contributed by atoms with Crippen LogP contribution in [0.4, 0.5) is 5.69 Å². The van der Waals surface area contributed by atoms with E-state index in [1.807, 2.05) is 68.6 Å². The van der Waals surface area contributed by atoms with Gasteiger partial charge in [0.15, 0.2) is 0 Å². The van der Waals surface area contributed by atoms with E-state index in [0.717, 1.165) is 16.0 Å². The minimum absolute atomic E-state index is 0.0978. The zero-order chi connectivity index (χ0) is 23.0. The molecule has 32 heavy (non-hydrogen) atoms. The summed E-state index contributed by atoms with van der Waals surface area (Å²) in [7, 11) is 1.60. The summed E-state index contributed by atoms with van der Waals surface area (Å²) in [5.41, 5.74) is 3.03. The molecule has 1 fully saturated rings. The zero-order valence-corrected chi connectivity index (χ0v) is 19.3. The first-order chi connectivity index (χ1) is 15.3.